The van der Waals surface area contributed by atoms with Gasteiger partial charge in [0.25, 0.3) is 0 Å². The van der Waals surface area contributed by atoms with E-state index in [0.29, 0.717) is 5.02 Å². The highest BCUT2D eigenvalue weighted by atomic mass is 35.5. The van der Waals surface area contributed by atoms with Crippen molar-refractivity contribution in [3.8, 4) is 5.75 Å². The van der Waals surface area contributed by atoms with Crippen molar-refractivity contribution < 1.29 is 9.13 Å². The van der Waals surface area contributed by atoms with E-state index in [1.54, 1.807) is 12.1 Å². The number of rotatable bonds is 4. The van der Waals surface area contributed by atoms with E-state index in [-0.39, 0.29) is 18.2 Å². The van der Waals surface area contributed by atoms with Crippen molar-refractivity contribution in [3.63, 3.8) is 0 Å². The Morgan fingerprint density at radius 2 is 1.96 bits per heavy atom. The molecular formula is C19H19ClFN3OS. The maximum atomic E-state index is 14.4. The lowest BCUT2D eigenvalue weighted by atomic mass is 10.2. The quantitative estimate of drug-likeness (QED) is 0.658. The molecule has 0 aliphatic carbocycles. The molecule has 1 aromatic heterocycles. The van der Waals surface area contributed by atoms with Crippen molar-refractivity contribution in [1.82, 2.24) is 9.88 Å². The minimum absolute atomic E-state index is 0.238. The van der Waals surface area contributed by atoms with Gasteiger partial charge in [0.2, 0.25) is 0 Å². The number of likely N-dealkylation sites (N-methyl/N-ethyl adjacent to an activating group) is 1. The average Bonchev–Trinajstić information content (AvgIpc) is 3.03. The number of thiazole rings is 1. The number of ether oxygens (including phenoxy) is 1. The maximum absolute atomic E-state index is 14.4. The predicted octanol–water partition coefficient (Wildman–Crippen LogP) is 4.42. The molecule has 0 N–H and O–H groups in total. The van der Waals surface area contributed by atoms with Crippen LogP contribution in [0.5, 0.6) is 5.75 Å². The smallest absolute Gasteiger partial charge is 0.167 e. The van der Waals surface area contributed by atoms with Crippen molar-refractivity contribution in [2.24, 2.45) is 0 Å². The van der Waals surface area contributed by atoms with Crippen LogP contribution in [0.25, 0.3) is 10.2 Å². The summed E-state index contributed by atoms with van der Waals surface area (Å²) in [6.45, 7) is 4.03. The maximum Gasteiger partial charge on any atom is 0.167 e. The summed E-state index contributed by atoms with van der Waals surface area (Å²) in [6, 6.07) is 10.8. The van der Waals surface area contributed by atoms with E-state index in [1.807, 2.05) is 24.3 Å². The molecule has 0 amide bonds. The first-order valence-corrected chi connectivity index (χ1v) is 9.69. The summed E-state index contributed by atoms with van der Waals surface area (Å²) in [5, 5.41) is 1.45. The summed E-state index contributed by atoms with van der Waals surface area (Å²) in [6.07, 6.45) is 0. The van der Waals surface area contributed by atoms with Crippen LogP contribution in [-0.4, -0.2) is 43.1 Å². The topological polar surface area (TPSA) is 28.6 Å². The summed E-state index contributed by atoms with van der Waals surface area (Å²) >= 11 is 7.51. The summed E-state index contributed by atoms with van der Waals surface area (Å²) in [5.41, 5.74) is 1.74. The molecule has 1 aliphatic rings. The average molecular weight is 392 g/mol. The molecule has 3 aromatic rings. The molecule has 0 unspecified atom stereocenters. The second-order valence-electron chi connectivity index (χ2n) is 6.41. The van der Waals surface area contributed by atoms with Crippen molar-refractivity contribution in [3.05, 3.63) is 52.2 Å². The van der Waals surface area contributed by atoms with E-state index in [1.165, 1.54) is 11.3 Å². The zero-order valence-corrected chi connectivity index (χ0v) is 16.0. The minimum atomic E-state index is -0.342. The molecule has 0 spiro atoms. The van der Waals surface area contributed by atoms with Crippen molar-refractivity contribution in [1.29, 1.82) is 0 Å². The van der Waals surface area contributed by atoms with Crippen LogP contribution in [0.4, 0.5) is 10.1 Å². The molecular weight excluding hydrogens is 373 g/mol. The molecule has 0 bridgehead atoms. The molecule has 4 rings (SSSR count). The molecule has 0 radical (unpaired) electrons. The summed E-state index contributed by atoms with van der Waals surface area (Å²) in [5.74, 6) is -0.0919. The third kappa shape index (κ3) is 3.77. The van der Waals surface area contributed by atoms with Gasteiger partial charge >= 0.3 is 0 Å². The monoisotopic (exact) mass is 391 g/mol. The van der Waals surface area contributed by atoms with Crippen LogP contribution in [0.1, 0.15) is 5.01 Å². The van der Waals surface area contributed by atoms with Crippen LogP contribution in [0, 0.1) is 5.82 Å². The summed E-state index contributed by atoms with van der Waals surface area (Å²) < 4.78 is 21.1. The Balaban J connectivity index is 1.44. The van der Waals surface area contributed by atoms with E-state index in [9.17, 15) is 4.39 Å². The van der Waals surface area contributed by atoms with Gasteiger partial charge in [-0.2, -0.15) is 0 Å². The Labute approximate surface area is 160 Å². The number of hydrogen-bond donors (Lipinski definition) is 0. The molecule has 136 valence electrons. The number of anilines is 1. The van der Waals surface area contributed by atoms with Crippen molar-refractivity contribution in [2.45, 2.75) is 6.61 Å². The first-order valence-electron chi connectivity index (χ1n) is 8.49. The highest BCUT2D eigenvalue weighted by Gasteiger charge is 2.16. The van der Waals surface area contributed by atoms with Crippen LogP contribution >= 0.6 is 22.9 Å². The van der Waals surface area contributed by atoms with Gasteiger partial charge in [0.15, 0.2) is 11.6 Å². The number of benzene rings is 2. The van der Waals surface area contributed by atoms with Gasteiger partial charge in [0.1, 0.15) is 11.6 Å². The zero-order valence-electron chi connectivity index (χ0n) is 14.4. The number of fused-ring (bicyclic) bond motifs is 1. The first-order chi connectivity index (χ1) is 12.6. The molecule has 7 heteroatoms. The molecule has 2 heterocycles. The highest BCUT2D eigenvalue weighted by molar-refractivity contribution is 7.18. The normalized spacial score (nSPS) is 15.6. The Hall–Kier alpha value is -1.89. The number of nitrogens with zero attached hydrogens (tertiary/aromatic N) is 3. The fraction of sp³-hybridized carbons (Fsp3) is 0.316. The van der Waals surface area contributed by atoms with Gasteiger partial charge in [0, 0.05) is 43.0 Å². The second kappa shape index (κ2) is 7.39. The third-order valence-corrected chi connectivity index (χ3v) is 5.77. The molecule has 4 nitrogen and oxygen atoms in total. The van der Waals surface area contributed by atoms with E-state index in [2.05, 4.69) is 21.8 Å². The lowest BCUT2D eigenvalue weighted by Gasteiger charge is -2.34. The van der Waals surface area contributed by atoms with Crippen LogP contribution in [-0.2, 0) is 6.61 Å². The molecule has 0 saturated carbocycles. The standard InChI is InChI=1S/C19H19ClFN3OS/c1-23-6-8-24(9-7-23)14-3-4-17(15(21)11-14)25-12-19-22-16-10-13(20)2-5-18(16)26-19/h2-5,10-11H,6-9,12H2,1H3. The highest BCUT2D eigenvalue weighted by Crippen LogP contribution is 2.28. The van der Waals surface area contributed by atoms with E-state index >= 15 is 0 Å². The Morgan fingerprint density at radius 1 is 1.15 bits per heavy atom. The molecule has 1 saturated heterocycles. The number of halogens is 2. The number of piperazine rings is 1. The van der Waals surface area contributed by atoms with Gasteiger partial charge in [0.05, 0.1) is 10.2 Å². The summed E-state index contributed by atoms with van der Waals surface area (Å²) in [4.78, 5) is 8.96. The minimum Gasteiger partial charge on any atom is -0.483 e. The SMILES string of the molecule is CN1CCN(c2ccc(OCc3nc4cc(Cl)ccc4s3)c(F)c2)CC1. The largest absolute Gasteiger partial charge is 0.483 e. The lowest BCUT2D eigenvalue weighted by molar-refractivity contribution is 0.289. The molecule has 26 heavy (non-hydrogen) atoms. The molecule has 1 fully saturated rings. The zero-order chi connectivity index (χ0) is 18.1. The van der Waals surface area contributed by atoms with Crippen LogP contribution in [0.15, 0.2) is 36.4 Å². The Kier molecular flexibility index (Phi) is 4.98. The van der Waals surface area contributed by atoms with Crippen LogP contribution < -0.4 is 9.64 Å². The lowest BCUT2D eigenvalue weighted by Crippen LogP contribution is -2.44. The fourth-order valence-electron chi connectivity index (χ4n) is 3.02. The van der Waals surface area contributed by atoms with E-state index in [0.717, 1.165) is 47.1 Å². The van der Waals surface area contributed by atoms with Gasteiger partial charge in [-0.25, -0.2) is 9.37 Å². The Bertz CT molecular complexity index is 924. The number of hydrogen-bond acceptors (Lipinski definition) is 5. The van der Waals surface area contributed by atoms with E-state index < -0.39 is 0 Å². The van der Waals surface area contributed by atoms with Crippen LogP contribution in [0.3, 0.4) is 0 Å². The van der Waals surface area contributed by atoms with Crippen molar-refractivity contribution in [2.75, 3.05) is 38.1 Å². The molecule has 0 atom stereocenters. The Morgan fingerprint density at radius 3 is 2.73 bits per heavy atom. The second-order valence-corrected chi connectivity index (χ2v) is 7.97. The molecule has 2 aromatic carbocycles. The van der Waals surface area contributed by atoms with E-state index in [4.69, 9.17) is 16.3 Å². The fourth-order valence-corrected chi connectivity index (χ4v) is 4.04. The van der Waals surface area contributed by atoms with Gasteiger partial charge in [-0.05, 0) is 37.4 Å². The van der Waals surface area contributed by atoms with Crippen molar-refractivity contribution >= 4 is 38.8 Å². The van der Waals surface area contributed by atoms with Gasteiger partial charge in [-0.15, -0.1) is 11.3 Å². The third-order valence-electron chi connectivity index (χ3n) is 4.53. The predicted molar refractivity (Wildman–Crippen MR) is 105 cm³/mol. The van der Waals surface area contributed by atoms with Gasteiger partial charge in [-0.3, -0.25) is 0 Å². The number of aromatic nitrogens is 1. The summed E-state index contributed by atoms with van der Waals surface area (Å²) in [7, 11) is 2.10. The van der Waals surface area contributed by atoms with Crippen LogP contribution in [0.2, 0.25) is 5.02 Å². The molecule has 1 aliphatic heterocycles. The van der Waals surface area contributed by atoms with Gasteiger partial charge in [-0.1, -0.05) is 11.6 Å². The van der Waals surface area contributed by atoms with Gasteiger partial charge < -0.3 is 14.5 Å². The first kappa shape index (κ1) is 17.5.